The first-order chi connectivity index (χ1) is 10.4. The lowest BCUT2D eigenvalue weighted by molar-refractivity contribution is 0.0535. The van der Waals surface area contributed by atoms with Crippen molar-refractivity contribution in [3.05, 3.63) is 48.3 Å². The van der Waals surface area contributed by atoms with Gasteiger partial charge in [0.15, 0.2) is 0 Å². The summed E-state index contributed by atoms with van der Waals surface area (Å²) in [5.74, 6) is 5.87. The van der Waals surface area contributed by atoms with E-state index in [-0.39, 0.29) is 6.54 Å². The Morgan fingerprint density at radius 2 is 2.05 bits per heavy atom. The van der Waals surface area contributed by atoms with Crippen LogP contribution >= 0.6 is 0 Å². The minimum Gasteiger partial charge on any atom is -0.444 e. The Morgan fingerprint density at radius 3 is 2.64 bits per heavy atom. The molecular formula is C17H19N3O2. The predicted octanol–water partition coefficient (Wildman–Crippen LogP) is 2.75. The molecule has 0 aliphatic carbocycles. The second-order valence-corrected chi connectivity index (χ2v) is 5.65. The first kappa shape index (κ1) is 15.6. The third-order valence-corrected chi connectivity index (χ3v) is 2.59. The molecule has 114 valence electrons. The van der Waals surface area contributed by atoms with Crippen LogP contribution in [0.15, 0.2) is 42.7 Å². The third-order valence-electron chi connectivity index (χ3n) is 2.59. The number of benzene rings is 1. The fourth-order valence-corrected chi connectivity index (χ4v) is 1.70. The van der Waals surface area contributed by atoms with Crippen LogP contribution in [0.5, 0.6) is 0 Å². The first-order valence-electron chi connectivity index (χ1n) is 7.00. The van der Waals surface area contributed by atoms with Crippen molar-refractivity contribution in [2.45, 2.75) is 26.4 Å². The number of nitrogens with zero attached hydrogens (tertiary/aromatic N) is 2. The summed E-state index contributed by atoms with van der Waals surface area (Å²) < 4.78 is 6.90. The van der Waals surface area contributed by atoms with Crippen LogP contribution in [-0.2, 0) is 4.74 Å². The molecule has 1 amide bonds. The van der Waals surface area contributed by atoms with E-state index in [4.69, 9.17) is 4.74 Å². The van der Waals surface area contributed by atoms with Gasteiger partial charge in [-0.2, -0.15) is 5.10 Å². The number of amides is 1. The highest BCUT2D eigenvalue weighted by Gasteiger charge is 2.14. The van der Waals surface area contributed by atoms with Gasteiger partial charge in [0.1, 0.15) is 5.60 Å². The van der Waals surface area contributed by atoms with E-state index < -0.39 is 11.7 Å². The van der Waals surface area contributed by atoms with Crippen LogP contribution in [0.25, 0.3) is 5.69 Å². The summed E-state index contributed by atoms with van der Waals surface area (Å²) in [5, 5.41) is 6.75. The molecule has 22 heavy (non-hydrogen) atoms. The highest BCUT2D eigenvalue weighted by Crippen LogP contribution is 2.08. The smallest absolute Gasteiger partial charge is 0.408 e. The summed E-state index contributed by atoms with van der Waals surface area (Å²) in [6.45, 7) is 5.70. The molecule has 1 N–H and O–H groups in total. The number of carbonyl (C=O) groups is 1. The van der Waals surface area contributed by atoms with Crippen molar-refractivity contribution in [2.75, 3.05) is 6.54 Å². The molecule has 0 atom stereocenters. The van der Waals surface area contributed by atoms with Gasteiger partial charge in [-0.3, -0.25) is 0 Å². The van der Waals surface area contributed by atoms with Gasteiger partial charge in [-0.15, -0.1) is 0 Å². The molecule has 0 unspecified atom stereocenters. The van der Waals surface area contributed by atoms with E-state index in [0.29, 0.717) is 0 Å². The maximum atomic E-state index is 11.4. The Kier molecular flexibility index (Phi) is 4.84. The minimum atomic E-state index is -0.500. The van der Waals surface area contributed by atoms with Crippen molar-refractivity contribution >= 4 is 6.09 Å². The van der Waals surface area contributed by atoms with Crippen LogP contribution < -0.4 is 5.32 Å². The molecule has 1 aromatic carbocycles. The molecule has 0 aliphatic rings. The zero-order chi connectivity index (χ0) is 16.0. The maximum Gasteiger partial charge on any atom is 0.408 e. The Hall–Kier alpha value is -2.74. The van der Waals surface area contributed by atoms with E-state index in [1.165, 1.54) is 0 Å². The quantitative estimate of drug-likeness (QED) is 0.867. The van der Waals surface area contributed by atoms with Crippen molar-refractivity contribution in [3.63, 3.8) is 0 Å². The summed E-state index contributed by atoms with van der Waals surface area (Å²) in [5.41, 5.74) is 1.35. The van der Waals surface area contributed by atoms with Crippen LogP contribution in [0.4, 0.5) is 4.79 Å². The SMILES string of the molecule is CC(C)(C)OC(=O)NCC#Cc1ccc(-n2cccn2)cc1. The van der Waals surface area contributed by atoms with E-state index in [1.54, 1.807) is 10.9 Å². The topological polar surface area (TPSA) is 56.1 Å². The molecule has 0 radical (unpaired) electrons. The summed E-state index contributed by atoms with van der Waals surface area (Å²) >= 11 is 0. The lowest BCUT2D eigenvalue weighted by Gasteiger charge is -2.18. The number of ether oxygens (including phenoxy) is 1. The molecule has 0 aliphatic heterocycles. The minimum absolute atomic E-state index is 0.246. The largest absolute Gasteiger partial charge is 0.444 e. The summed E-state index contributed by atoms with van der Waals surface area (Å²) in [7, 11) is 0. The van der Waals surface area contributed by atoms with Gasteiger partial charge in [0, 0.05) is 18.0 Å². The highest BCUT2D eigenvalue weighted by molar-refractivity contribution is 5.68. The number of carbonyl (C=O) groups excluding carboxylic acids is 1. The molecule has 0 spiro atoms. The van der Waals surface area contributed by atoms with Crippen molar-refractivity contribution in [1.82, 2.24) is 15.1 Å². The van der Waals surface area contributed by atoms with E-state index in [9.17, 15) is 4.79 Å². The van der Waals surface area contributed by atoms with Gasteiger partial charge >= 0.3 is 6.09 Å². The fourth-order valence-electron chi connectivity index (χ4n) is 1.70. The van der Waals surface area contributed by atoms with Gasteiger partial charge in [0.2, 0.25) is 0 Å². The number of nitrogens with one attached hydrogen (secondary N) is 1. The lowest BCUT2D eigenvalue weighted by atomic mass is 10.2. The summed E-state index contributed by atoms with van der Waals surface area (Å²) in [6.07, 6.45) is 3.15. The van der Waals surface area contributed by atoms with Crippen LogP contribution in [0.1, 0.15) is 26.3 Å². The molecule has 0 saturated carbocycles. The standard InChI is InChI=1S/C17H19N3O2/c1-17(2,3)22-16(21)18-11-4-6-14-7-9-15(10-8-14)20-13-5-12-19-20/h5,7-10,12-13H,11H2,1-3H3,(H,18,21). The zero-order valence-electron chi connectivity index (χ0n) is 13.0. The van der Waals surface area contributed by atoms with Crippen molar-refractivity contribution < 1.29 is 9.53 Å². The van der Waals surface area contributed by atoms with E-state index in [1.807, 2.05) is 57.3 Å². The van der Waals surface area contributed by atoms with Gasteiger partial charge in [0.05, 0.1) is 12.2 Å². The number of hydrogen-bond donors (Lipinski definition) is 1. The van der Waals surface area contributed by atoms with E-state index in [2.05, 4.69) is 22.3 Å². The average molecular weight is 297 g/mol. The molecule has 0 fully saturated rings. The summed E-state index contributed by atoms with van der Waals surface area (Å²) in [4.78, 5) is 11.4. The number of hydrogen-bond acceptors (Lipinski definition) is 3. The molecule has 2 aromatic rings. The lowest BCUT2D eigenvalue weighted by Crippen LogP contribution is -2.32. The van der Waals surface area contributed by atoms with Crippen LogP contribution in [0.2, 0.25) is 0 Å². The Morgan fingerprint density at radius 1 is 1.32 bits per heavy atom. The molecule has 0 bridgehead atoms. The molecule has 1 aromatic heterocycles. The average Bonchev–Trinajstić information content (AvgIpc) is 2.96. The van der Waals surface area contributed by atoms with Crippen molar-refractivity contribution in [2.24, 2.45) is 0 Å². The molecule has 5 heteroatoms. The van der Waals surface area contributed by atoms with Crippen LogP contribution in [0, 0.1) is 11.8 Å². The normalized spacial score (nSPS) is 10.5. The predicted molar refractivity (Wildman–Crippen MR) is 84.7 cm³/mol. The zero-order valence-corrected chi connectivity index (χ0v) is 13.0. The Labute approximate surface area is 130 Å². The maximum absolute atomic E-state index is 11.4. The number of rotatable bonds is 2. The van der Waals surface area contributed by atoms with Gasteiger partial charge in [-0.1, -0.05) is 11.8 Å². The second-order valence-electron chi connectivity index (χ2n) is 5.65. The highest BCUT2D eigenvalue weighted by atomic mass is 16.6. The molecule has 5 nitrogen and oxygen atoms in total. The third kappa shape index (κ3) is 4.98. The summed E-state index contributed by atoms with van der Waals surface area (Å²) in [6, 6.07) is 9.58. The van der Waals surface area contributed by atoms with Gasteiger partial charge < -0.3 is 10.1 Å². The Balaban J connectivity index is 1.86. The first-order valence-corrected chi connectivity index (χ1v) is 7.00. The fraction of sp³-hybridized carbons (Fsp3) is 0.294. The number of aromatic nitrogens is 2. The van der Waals surface area contributed by atoms with Gasteiger partial charge in [-0.05, 0) is 51.1 Å². The van der Waals surface area contributed by atoms with Crippen molar-refractivity contribution in [3.8, 4) is 17.5 Å². The molecule has 1 heterocycles. The van der Waals surface area contributed by atoms with Crippen molar-refractivity contribution in [1.29, 1.82) is 0 Å². The van der Waals surface area contributed by atoms with Crippen LogP contribution in [-0.4, -0.2) is 28.0 Å². The van der Waals surface area contributed by atoms with E-state index in [0.717, 1.165) is 11.3 Å². The number of alkyl carbamates (subject to hydrolysis) is 1. The monoisotopic (exact) mass is 297 g/mol. The van der Waals surface area contributed by atoms with Gasteiger partial charge in [-0.25, -0.2) is 9.48 Å². The van der Waals surface area contributed by atoms with Gasteiger partial charge in [0.25, 0.3) is 0 Å². The van der Waals surface area contributed by atoms with E-state index >= 15 is 0 Å². The Bertz CT molecular complexity index is 671. The second kappa shape index (κ2) is 6.81. The molecule has 2 rings (SSSR count). The van der Waals surface area contributed by atoms with Crippen LogP contribution in [0.3, 0.4) is 0 Å². The molecule has 0 saturated heterocycles. The molecular weight excluding hydrogens is 278 g/mol.